The average Bonchev–Trinajstić information content (AvgIpc) is 2.64. The van der Waals surface area contributed by atoms with Gasteiger partial charge in [0, 0.05) is 26.2 Å². The molecule has 1 unspecified atom stereocenters. The first-order chi connectivity index (χ1) is 12.1. The van der Waals surface area contributed by atoms with E-state index in [9.17, 15) is 14.4 Å². The van der Waals surface area contributed by atoms with Crippen LogP contribution in [0.15, 0.2) is 30.3 Å². The molecule has 7 nitrogen and oxygen atoms in total. The zero-order valence-electron chi connectivity index (χ0n) is 14.5. The predicted molar refractivity (Wildman–Crippen MR) is 92.5 cm³/mol. The minimum Gasteiger partial charge on any atom is -0.395 e. The standard InChI is InChI=1S/C18H25N3O4/c1-2-3-10-20-11-12-21(18(25)17(20)24)15(16(23)19-9-13-22)14-7-5-4-6-8-14/h4-8,15,22H,2-3,9-13H2,1H3,(H,19,23). The van der Waals surface area contributed by atoms with Gasteiger partial charge in [-0.1, -0.05) is 43.7 Å². The number of nitrogens with zero attached hydrogens (tertiary/aromatic N) is 2. The van der Waals surface area contributed by atoms with E-state index in [0.29, 0.717) is 25.2 Å². The molecule has 0 radical (unpaired) electrons. The summed E-state index contributed by atoms with van der Waals surface area (Å²) in [5, 5.41) is 11.5. The topological polar surface area (TPSA) is 89.9 Å². The molecule has 7 heteroatoms. The minimum absolute atomic E-state index is 0.0980. The number of aliphatic hydroxyl groups is 1. The highest BCUT2D eigenvalue weighted by Crippen LogP contribution is 2.24. The first-order valence-electron chi connectivity index (χ1n) is 8.63. The Hall–Kier alpha value is -2.41. The van der Waals surface area contributed by atoms with E-state index >= 15 is 0 Å². The second-order valence-electron chi connectivity index (χ2n) is 5.97. The van der Waals surface area contributed by atoms with E-state index in [1.165, 1.54) is 4.90 Å². The molecule has 1 aliphatic heterocycles. The molecule has 0 aromatic heterocycles. The number of benzene rings is 1. The molecule has 1 aromatic rings. The summed E-state index contributed by atoms with van der Waals surface area (Å²) in [7, 11) is 0. The van der Waals surface area contributed by atoms with Gasteiger partial charge in [0.05, 0.1) is 6.61 Å². The van der Waals surface area contributed by atoms with Crippen molar-refractivity contribution in [1.82, 2.24) is 15.1 Å². The van der Waals surface area contributed by atoms with Crippen LogP contribution in [0.3, 0.4) is 0 Å². The van der Waals surface area contributed by atoms with Gasteiger partial charge in [-0.05, 0) is 12.0 Å². The van der Waals surface area contributed by atoms with Crippen LogP contribution >= 0.6 is 0 Å². The molecule has 25 heavy (non-hydrogen) atoms. The molecule has 0 spiro atoms. The zero-order chi connectivity index (χ0) is 18.2. The summed E-state index contributed by atoms with van der Waals surface area (Å²) in [6.45, 7) is 3.22. The van der Waals surface area contributed by atoms with Crippen molar-refractivity contribution >= 4 is 17.7 Å². The number of rotatable bonds is 8. The number of unbranched alkanes of at least 4 members (excludes halogenated alkanes) is 1. The molecule has 136 valence electrons. The van der Waals surface area contributed by atoms with Crippen LogP contribution in [-0.2, 0) is 14.4 Å². The molecule has 0 bridgehead atoms. The van der Waals surface area contributed by atoms with Crippen LogP contribution < -0.4 is 5.32 Å². The summed E-state index contributed by atoms with van der Waals surface area (Å²) < 4.78 is 0. The van der Waals surface area contributed by atoms with Crippen molar-refractivity contribution in [3.8, 4) is 0 Å². The Kier molecular flexibility index (Phi) is 6.94. The first-order valence-corrected chi connectivity index (χ1v) is 8.63. The van der Waals surface area contributed by atoms with Crippen molar-refractivity contribution in [3.63, 3.8) is 0 Å². The number of amides is 3. The highest BCUT2D eigenvalue weighted by atomic mass is 16.3. The maximum Gasteiger partial charge on any atom is 0.313 e. The van der Waals surface area contributed by atoms with Gasteiger partial charge in [0.15, 0.2) is 0 Å². The number of carbonyl (C=O) groups excluding carboxylic acids is 3. The fourth-order valence-corrected chi connectivity index (χ4v) is 2.88. The van der Waals surface area contributed by atoms with Crippen molar-refractivity contribution in [3.05, 3.63) is 35.9 Å². The van der Waals surface area contributed by atoms with Crippen LogP contribution in [0.1, 0.15) is 31.4 Å². The number of nitrogens with one attached hydrogen (secondary N) is 1. The largest absolute Gasteiger partial charge is 0.395 e. The molecule has 3 amide bonds. The fourth-order valence-electron chi connectivity index (χ4n) is 2.88. The molecule has 1 saturated heterocycles. The average molecular weight is 347 g/mol. The first kappa shape index (κ1) is 18.9. The molecule has 1 aromatic carbocycles. The zero-order valence-corrected chi connectivity index (χ0v) is 14.5. The summed E-state index contributed by atoms with van der Waals surface area (Å²) in [5.41, 5.74) is 0.640. The van der Waals surface area contributed by atoms with Crippen molar-refractivity contribution in [2.75, 3.05) is 32.8 Å². The molecular formula is C18H25N3O4. The Morgan fingerprint density at radius 1 is 1.20 bits per heavy atom. The number of carbonyl (C=O) groups is 3. The van der Waals surface area contributed by atoms with Gasteiger partial charge in [-0.2, -0.15) is 0 Å². The second kappa shape index (κ2) is 9.17. The molecule has 1 atom stereocenters. The highest BCUT2D eigenvalue weighted by Gasteiger charge is 2.39. The molecule has 0 aliphatic carbocycles. The van der Waals surface area contributed by atoms with Crippen molar-refractivity contribution in [1.29, 1.82) is 0 Å². The molecular weight excluding hydrogens is 322 g/mol. The number of hydrogen-bond donors (Lipinski definition) is 2. The lowest BCUT2D eigenvalue weighted by Gasteiger charge is -2.38. The Bertz CT molecular complexity index is 606. The molecule has 1 aliphatic rings. The van der Waals surface area contributed by atoms with E-state index in [1.807, 2.05) is 13.0 Å². The summed E-state index contributed by atoms with van der Waals surface area (Å²) in [6.07, 6.45) is 1.79. The number of hydrogen-bond acceptors (Lipinski definition) is 4. The maximum atomic E-state index is 12.6. The maximum absolute atomic E-state index is 12.6. The summed E-state index contributed by atoms with van der Waals surface area (Å²) in [5.74, 6) is -1.62. The van der Waals surface area contributed by atoms with Crippen LogP contribution in [0.5, 0.6) is 0 Å². The van der Waals surface area contributed by atoms with Gasteiger partial charge in [0.1, 0.15) is 6.04 Å². The lowest BCUT2D eigenvalue weighted by Crippen LogP contribution is -2.57. The molecule has 1 fully saturated rings. The van der Waals surface area contributed by atoms with Gasteiger partial charge in [-0.25, -0.2) is 0 Å². The van der Waals surface area contributed by atoms with Crippen LogP contribution in [0, 0.1) is 0 Å². The SMILES string of the molecule is CCCCN1CCN(C(C(=O)NCCO)c2ccccc2)C(=O)C1=O. The van der Waals surface area contributed by atoms with Crippen LogP contribution in [0.4, 0.5) is 0 Å². The van der Waals surface area contributed by atoms with Gasteiger partial charge in [0.2, 0.25) is 5.91 Å². The third kappa shape index (κ3) is 4.57. The Balaban J connectivity index is 2.21. The van der Waals surface area contributed by atoms with E-state index in [2.05, 4.69) is 5.32 Å². The van der Waals surface area contributed by atoms with Crippen LogP contribution in [0.2, 0.25) is 0 Å². The van der Waals surface area contributed by atoms with Gasteiger partial charge >= 0.3 is 11.8 Å². The van der Waals surface area contributed by atoms with Gasteiger partial charge in [0.25, 0.3) is 0 Å². The summed E-state index contributed by atoms with van der Waals surface area (Å²) in [6, 6.07) is 8.02. The lowest BCUT2D eigenvalue weighted by atomic mass is 10.0. The van der Waals surface area contributed by atoms with Gasteiger partial charge < -0.3 is 20.2 Å². The van der Waals surface area contributed by atoms with E-state index in [1.54, 1.807) is 29.2 Å². The molecule has 0 saturated carbocycles. The Morgan fingerprint density at radius 2 is 1.92 bits per heavy atom. The van der Waals surface area contributed by atoms with Crippen LogP contribution in [-0.4, -0.2) is 65.4 Å². The van der Waals surface area contributed by atoms with Gasteiger partial charge in [-0.15, -0.1) is 0 Å². The van der Waals surface area contributed by atoms with Crippen molar-refractivity contribution < 1.29 is 19.5 Å². The van der Waals surface area contributed by atoms with Crippen molar-refractivity contribution in [2.45, 2.75) is 25.8 Å². The third-order valence-electron chi connectivity index (χ3n) is 4.21. The molecule has 2 N–H and O–H groups in total. The smallest absolute Gasteiger partial charge is 0.313 e. The fraction of sp³-hybridized carbons (Fsp3) is 0.500. The third-order valence-corrected chi connectivity index (χ3v) is 4.21. The summed E-state index contributed by atoms with van der Waals surface area (Å²) in [4.78, 5) is 40.4. The second-order valence-corrected chi connectivity index (χ2v) is 5.97. The Labute approximate surface area is 147 Å². The van der Waals surface area contributed by atoms with Crippen molar-refractivity contribution in [2.24, 2.45) is 0 Å². The normalized spacial score (nSPS) is 16.1. The highest BCUT2D eigenvalue weighted by molar-refractivity contribution is 6.35. The van der Waals surface area contributed by atoms with Gasteiger partial charge in [-0.3, -0.25) is 14.4 Å². The number of aliphatic hydroxyl groups excluding tert-OH is 1. The molecule has 2 rings (SSSR count). The van der Waals surface area contributed by atoms with E-state index in [4.69, 9.17) is 5.11 Å². The summed E-state index contributed by atoms with van der Waals surface area (Å²) >= 11 is 0. The number of piperazine rings is 1. The van der Waals surface area contributed by atoms with E-state index in [0.717, 1.165) is 12.8 Å². The predicted octanol–water partition coefficient (Wildman–Crippen LogP) is 0.307. The quantitative estimate of drug-likeness (QED) is 0.662. The molecule has 1 heterocycles. The minimum atomic E-state index is -0.877. The monoisotopic (exact) mass is 347 g/mol. The van der Waals surface area contributed by atoms with Crippen LogP contribution in [0.25, 0.3) is 0 Å². The Morgan fingerprint density at radius 3 is 2.56 bits per heavy atom. The lowest BCUT2D eigenvalue weighted by molar-refractivity contribution is -0.159. The van der Waals surface area contributed by atoms with E-state index < -0.39 is 23.8 Å². The van der Waals surface area contributed by atoms with E-state index in [-0.39, 0.29) is 13.2 Å².